The molecule has 0 fully saturated rings. The fourth-order valence-corrected chi connectivity index (χ4v) is 5.44. The van der Waals surface area contributed by atoms with Crippen molar-refractivity contribution in [2.75, 3.05) is 23.7 Å². The number of hydrogen-bond donors (Lipinski definition) is 1. The van der Waals surface area contributed by atoms with E-state index in [9.17, 15) is 18.0 Å². The first-order valence-electron chi connectivity index (χ1n) is 14.2. The first-order valence-corrected chi connectivity index (χ1v) is 16.1. The van der Waals surface area contributed by atoms with Crippen LogP contribution in [0.25, 0.3) is 0 Å². The van der Waals surface area contributed by atoms with Crippen LogP contribution in [0.2, 0.25) is 0 Å². The number of carbonyl (C=O) groups excluding carboxylic acids is 2. The van der Waals surface area contributed by atoms with E-state index >= 15 is 0 Å². The summed E-state index contributed by atoms with van der Waals surface area (Å²) in [5, 5.41) is 3.00. The van der Waals surface area contributed by atoms with Gasteiger partial charge in [0.05, 0.1) is 11.9 Å². The number of nitrogens with zero attached hydrogens (tertiary/aromatic N) is 2. The van der Waals surface area contributed by atoms with Crippen LogP contribution in [0.4, 0.5) is 5.69 Å². The lowest BCUT2D eigenvalue weighted by Gasteiger charge is -2.33. The molecule has 8 heteroatoms. The van der Waals surface area contributed by atoms with Crippen molar-refractivity contribution in [1.82, 2.24) is 10.2 Å². The second-order valence-electron chi connectivity index (χ2n) is 10.9. The summed E-state index contributed by atoms with van der Waals surface area (Å²) in [6, 6.07) is 23.8. The van der Waals surface area contributed by atoms with Crippen LogP contribution in [0.15, 0.2) is 78.9 Å². The van der Waals surface area contributed by atoms with Crippen LogP contribution in [0, 0.1) is 6.92 Å². The van der Waals surface area contributed by atoms with E-state index in [2.05, 4.69) is 19.2 Å². The largest absolute Gasteiger partial charge is 0.354 e. The minimum atomic E-state index is -3.80. The summed E-state index contributed by atoms with van der Waals surface area (Å²) >= 11 is 0. The van der Waals surface area contributed by atoms with E-state index in [0.717, 1.165) is 45.7 Å². The Labute approximate surface area is 245 Å². The molecule has 7 nitrogen and oxygen atoms in total. The van der Waals surface area contributed by atoms with Gasteiger partial charge in [0.1, 0.15) is 12.6 Å². The Balaban J connectivity index is 2.02. The number of sulfonamides is 1. The molecule has 0 heterocycles. The predicted octanol–water partition coefficient (Wildman–Crippen LogP) is 5.44. The molecule has 2 amide bonds. The van der Waals surface area contributed by atoms with E-state index in [1.807, 2.05) is 80.6 Å². The lowest BCUT2D eigenvalue weighted by molar-refractivity contribution is -0.140. The Hall–Kier alpha value is -3.65. The number of nitrogens with one attached hydrogen (secondary N) is 1. The second kappa shape index (κ2) is 14.8. The van der Waals surface area contributed by atoms with E-state index < -0.39 is 28.5 Å². The molecule has 0 saturated carbocycles. The van der Waals surface area contributed by atoms with Gasteiger partial charge in [0.25, 0.3) is 0 Å². The number of hydrogen-bond acceptors (Lipinski definition) is 4. The number of rotatable bonds is 14. The van der Waals surface area contributed by atoms with Gasteiger partial charge >= 0.3 is 0 Å². The summed E-state index contributed by atoms with van der Waals surface area (Å²) in [5.41, 5.74) is 4.33. The molecule has 3 aromatic rings. The molecule has 0 bridgehead atoms. The van der Waals surface area contributed by atoms with Gasteiger partial charge < -0.3 is 10.2 Å². The van der Waals surface area contributed by atoms with Gasteiger partial charge in [-0.25, -0.2) is 8.42 Å². The minimum Gasteiger partial charge on any atom is -0.354 e. The van der Waals surface area contributed by atoms with E-state index in [-0.39, 0.29) is 18.4 Å². The Kier molecular flexibility index (Phi) is 11.5. The first kappa shape index (κ1) is 31.9. The van der Waals surface area contributed by atoms with E-state index in [1.165, 1.54) is 4.90 Å². The molecule has 0 saturated heterocycles. The average Bonchev–Trinajstić information content (AvgIpc) is 2.94. The van der Waals surface area contributed by atoms with Crippen molar-refractivity contribution < 1.29 is 18.0 Å². The third-order valence-corrected chi connectivity index (χ3v) is 8.24. The maximum Gasteiger partial charge on any atom is 0.244 e. The lowest BCUT2D eigenvalue weighted by atomic mass is 10.0. The summed E-state index contributed by atoms with van der Waals surface area (Å²) in [4.78, 5) is 29.3. The normalized spacial score (nSPS) is 12.1. The average molecular weight is 578 g/mol. The molecule has 0 aliphatic carbocycles. The number of benzene rings is 3. The molecule has 0 unspecified atom stereocenters. The first-order chi connectivity index (χ1) is 19.5. The zero-order valence-corrected chi connectivity index (χ0v) is 25.7. The van der Waals surface area contributed by atoms with Gasteiger partial charge in [-0.1, -0.05) is 99.5 Å². The monoisotopic (exact) mass is 577 g/mol. The quantitative estimate of drug-likeness (QED) is 0.259. The summed E-state index contributed by atoms with van der Waals surface area (Å²) in [5.74, 6) is -0.419. The molecule has 1 atom stereocenters. The SMILES string of the molecule is CCCCNC(=O)[C@H](Cc1ccccc1)N(Cc1ccc(C)cc1)C(=O)CN(c1ccc(C(C)C)cc1)S(C)(=O)=O. The molecule has 0 spiro atoms. The van der Waals surface area contributed by atoms with Gasteiger partial charge in [-0.05, 0) is 48.1 Å². The number of anilines is 1. The molecule has 3 rings (SSSR count). The Morgan fingerprint density at radius 3 is 2.07 bits per heavy atom. The van der Waals surface area contributed by atoms with Crippen LogP contribution in [0.1, 0.15) is 61.8 Å². The van der Waals surface area contributed by atoms with Crippen molar-refractivity contribution in [2.45, 2.75) is 65.5 Å². The second-order valence-corrected chi connectivity index (χ2v) is 12.8. The van der Waals surface area contributed by atoms with E-state index in [0.29, 0.717) is 18.7 Å². The molecular weight excluding hydrogens is 534 g/mol. The number of unbranched alkanes of at least 4 members (excludes halogenated alkanes) is 1. The van der Waals surface area contributed by atoms with Crippen molar-refractivity contribution >= 4 is 27.5 Å². The summed E-state index contributed by atoms with van der Waals surface area (Å²) in [7, 11) is -3.80. The van der Waals surface area contributed by atoms with Crippen molar-refractivity contribution in [2.24, 2.45) is 0 Å². The molecule has 0 radical (unpaired) electrons. The Morgan fingerprint density at radius 1 is 0.878 bits per heavy atom. The Morgan fingerprint density at radius 2 is 1.51 bits per heavy atom. The molecule has 220 valence electrons. The topological polar surface area (TPSA) is 86.8 Å². The zero-order chi connectivity index (χ0) is 30.0. The standard InChI is InChI=1S/C33H43N3O4S/c1-6-7-21-34-33(38)31(22-27-11-9-8-10-12-27)35(23-28-15-13-26(4)14-16-28)32(37)24-36(41(5,39)40)30-19-17-29(18-20-30)25(2)3/h8-20,25,31H,6-7,21-24H2,1-5H3,(H,34,38)/t31-/m0/s1. The van der Waals surface area contributed by atoms with Crippen LogP contribution >= 0.6 is 0 Å². The van der Waals surface area contributed by atoms with Gasteiger partial charge in [-0.2, -0.15) is 0 Å². The number of aryl methyl sites for hydroxylation is 1. The van der Waals surface area contributed by atoms with Gasteiger partial charge in [-0.3, -0.25) is 13.9 Å². The van der Waals surface area contributed by atoms with Crippen LogP contribution in [-0.4, -0.2) is 50.5 Å². The fourth-order valence-electron chi connectivity index (χ4n) is 4.59. The summed E-state index contributed by atoms with van der Waals surface area (Å²) in [6.45, 7) is 8.42. The summed E-state index contributed by atoms with van der Waals surface area (Å²) < 4.78 is 27.0. The molecule has 41 heavy (non-hydrogen) atoms. The highest BCUT2D eigenvalue weighted by Crippen LogP contribution is 2.23. The molecule has 0 aliphatic rings. The third kappa shape index (κ3) is 9.46. The zero-order valence-electron chi connectivity index (χ0n) is 24.8. The molecule has 3 aromatic carbocycles. The minimum absolute atomic E-state index is 0.168. The molecule has 1 N–H and O–H groups in total. The smallest absolute Gasteiger partial charge is 0.244 e. The van der Waals surface area contributed by atoms with Crippen molar-refractivity contribution in [3.8, 4) is 0 Å². The van der Waals surface area contributed by atoms with Crippen molar-refractivity contribution in [3.05, 3.63) is 101 Å². The van der Waals surface area contributed by atoms with E-state index in [4.69, 9.17) is 0 Å². The van der Waals surface area contributed by atoms with E-state index in [1.54, 1.807) is 12.1 Å². The fraction of sp³-hybridized carbons (Fsp3) is 0.394. The molecule has 0 aliphatic heterocycles. The van der Waals surface area contributed by atoms with Crippen LogP contribution < -0.4 is 9.62 Å². The lowest BCUT2D eigenvalue weighted by Crippen LogP contribution is -2.53. The van der Waals surface area contributed by atoms with Crippen molar-refractivity contribution in [1.29, 1.82) is 0 Å². The maximum absolute atomic E-state index is 14.1. The van der Waals surface area contributed by atoms with Gasteiger partial charge in [0.2, 0.25) is 21.8 Å². The van der Waals surface area contributed by atoms with Gasteiger partial charge in [-0.15, -0.1) is 0 Å². The third-order valence-electron chi connectivity index (χ3n) is 7.10. The molecule has 0 aromatic heterocycles. The maximum atomic E-state index is 14.1. The van der Waals surface area contributed by atoms with Crippen molar-refractivity contribution in [3.63, 3.8) is 0 Å². The highest BCUT2D eigenvalue weighted by Gasteiger charge is 2.33. The van der Waals surface area contributed by atoms with Gasteiger partial charge in [0, 0.05) is 19.5 Å². The van der Waals surface area contributed by atoms with Crippen LogP contribution in [-0.2, 0) is 32.6 Å². The molecular formula is C33H43N3O4S. The van der Waals surface area contributed by atoms with Crippen LogP contribution in [0.5, 0.6) is 0 Å². The highest BCUT2D eigenvalue weighted by molar-refractivity contribution is 7.92. The number of carbonyl (C=O) groups is 2. The Bertz CT molecular complexity index is 1370. The summed E-state index contributed by atoms with van der Waals surface area (Å²) in [6.07, 6.45) is 3.15. The predicted molar refractivity (Wildman–Crippen MR) is 166 cm³/mol. The number of amides is 2. The van der Waals surface area contributed by atoms with Crippen LogP contribution in [0.3, 0.4) is 0 Å². The van der Waals surface area contributed by atoms with Gasteiger partial charge in [0.15, 0.2) is 0 Å². The highest BCUT2D eigenvalue weighted by atomic mass is 32.2.